The van der Waals surface area contributed by atoms with Crippen LogP contribution in [0.15, 0.2) is 24.3 Å². The predicted molar refractivity (Wildman–Crippen MR) is 78.3 cm³/mol. The number of aromatic nitrogens is 2. The Morgan fingerprint density at radius 3 is 2.60 bits per heavy atom. The third kappa shape index (κ3) is 3.09. The Balaban J connectivity index is 2.10. The molecule has 6 nitrogen and oxygen atoms in total. The smallest absolute Gasteiger partial charge is 0.325 e. The third-order valence-corrected chi connectivity index (χ3v) is 2.96. The summed E-state index contributed by atoms with van der Waals surface area (Å²) in [7, 11) is 3.39. The Labute approximate surface area is 117 Å². The average Bonchev–Trinajstić information content (AvgIpc) is 2.68. The standard InChI is InChI=1S/C14H18N4O2/c1-9-5-6-12(20-4)11(7-9)15-14(19)16-13-8-10(2)18(3)17-13/h5-8H,1-4H3,(H2,15,16,17,19). The van der Waals surface area contributed by atoms with Gasteiger partial charge >= 0.3 is 6.03 Å². The van der Waals surface area contributed by atoms with Gasteiger partial charge in [0, 0.05) is 18.8 Å². The highest BCUT2D eigenvalue weighted by Crippen LogP contribution is 2.25. The van der Waals surface area contributed by atoms with Crippen molar-refractivity contribution in [2.24, 2.45) is 7.05 Å². The van der Waals surface area contributed by atoms with E-state index in [0.717, 1.165) is 11.3 Å². The van der Waals surface area contributed by atoms with E-state index in [2.05, 4.69) is 15.7 Å². The number of hydrogen-bond donors (Lipinski definition) is 2. The molecule has 0 aliphatic rings. The molecule has 0 bridgehead atoms. The van der Waals surface area contributed by atoms with Gasteiger partial charge in [0.1, 0.15) is 5.75 Å². The summed E-state index contributed by atoms with van der Waals surface area (Å²) in [4.78, 5) is 12.0. The normalized spacial score (nSPS) is 10.2. The van der Waals surface area contributed by atoms with Crippen molar-refractivity contribution >= 4 is 17.5 Å². The maximum atomic E-state index is 12.0. The number of methoxy groups -OCH3 is 1. The highest BCUT2D eigenvalue weighted by Gasteiger charge is 2.09. The van der Waals surface area contributed by atoms with Crippen molar-refractivity contribution in [3.8, 4) is 5.75 Å². The van der Waals surface area contributed by atoms with E-state index < -0.39 is 0 Å². The van der Waals surface area contributed by atoms with Gasteiger partial charge in [0.15, 0.2) is 5.82 Å². The van der Waals surface area contributed by atoms with Crippen LogP contribution < -0.4 is 15.4 Å². The molecule has 2 N–H and O–H groups in total. The summed E-state index contributed by atoms with van der Waals surface area (Å²) in [5.41, 5.74) is 2.63. The van der Waals surface area contributed by atoms with Crippen molar-refractivity contribution < 1.29 is 9.53 Å². The molecule has 0 unspecified atom stereocenters. The summed E-state index contributed by atoms with van der Waals surface area (Å²) >= 11 is 0. The summed E-state index contributed by atoms with van der Waals surface area (Å²) in [6.07, 6.45) is 0. The SMILES string of the molecule is COc1ccc(C)cc1NC(=O)Nc1cc(C)n(C)n1. The molecule has 0 saturated heterocycles. The number of nitrogens with one attached hydrogen (secondary N) is 2. The molecule has 106 valence electrons. The van der Waals surface area contributed by atoms with Crippen LogP contribution in [-0.4, -0.2) is 22.9 Å². The number of ether oxygens (including phenoxy) is 1. The molecule has 2 aromatic rings. The maximum Gasteiger partial charge on any atom is 0.325 e. The number of urea groups is 1. The highest BCUT2D eigenvalue weighted by atomic mass is 16.5. The number of rotatable bonds is 3. The molecular weight excluding hydrogens is 256 g/mol. The van der Waals surface area contributed by atoms with Gasteiger partial charge in [-0.3, -0.25) is 10.00 Å². The first-order chi connectivity index (χ1) is 9.49. The van der Waals surface area contributed by atoms with Crippen molar-refractivity contribution in [3.63, 3.8) is 0 Å². The Morgan fingerprint density at radius 2 is 2.00 bits per heavy atom. The van der Waals surface area contributed by atoms with Gasteiger partial charge in [-0.25, -0.2) is 4.79 Å². The van der Waals surface area contributed by atoms with Crippen LogP contribution in [-0.2, 0) is 7.05 Å². The summed E-state index contributed by atoms with van der Waals surface area (Å²) in [5, 5.41) is 9.61. The second-order valence-electron chi connectivity index (χ2n) is 4.58. The molecule has 0 radical (unpaired) electrons. The zero-order valence-corrected chi connectivity index (χ0v) is 12.0. The lowest BCUT2D eigenvalue weighted by Crippen LogP contribution is -2.20. The van der Waals surface area contributed by atoms with E-state index in [0.29, 0.717) is 17.3 Å². The molecule has 0 aliphatic carbocycles. The van der Waals surface area contributed by atoms with Crippen LogP contribution in [0.5, 0.6) is 5.75 Å². The fraction of sp³-hybridized carbons (Fsp3) is 0.286. The topological polar surface area (TPSA) is 68.2 Å². The fourth-order valence-electron chi connectivity index (χ4n) is 1.81. The fourth-order valence-corrected chi connectivity index (χ4v) is 1.81. The molecule has 0 aliphatic heterocycles. The lowest BCUT2D eigenvalue weighted by molar-refractivity contribution is 0.262. The van der Waals surface area contributed by atoms with Gasteiger partial charge in [-0.05, 0) is 31.5 Å². The summed E-state index contributed by atoms with van der Waals surface area (Å²) in [5.74, 6) is 1.12. The Bertz CT molecular complexity index is 615. The Morgan fingerprint density at radius 1 is 1.25 bits per heavy atom. The molecule has 2 amide bonds. The third-order valence-electron chi connectivity index (χ3n) is 2.96. The van der Waals surface area contributed by atoms with Gasteiger partial charge in [0.25, 0.3) is 0 Å². The van der Waals surface area contributed by atoms with Crippen LogP contribution in [0.2, 0.25) is 0 Å². The van der Waals surface area contributed by atoms with E-state index in [9.17, 15) is 4.79 Å². The molecule has 1 aromatic heterocycles. The maximum absolute atomic E-state index is 12.0. The lowest BCUT2D eigenvalue weighted by Gasteiger charge is -2.11. The first-order valence-electron chi connectivity index (χ1n) is 6.23. The zero-order valence-electron chi connectivity index (χ0n) is 12.0. The van der Waals surface area contributed by atoms with Crippen molar-refractivity contribution in [2.45, 2.75) is 13.8 Å². The highest BCUT2D eigenvalue weighted by molar-refractivity contribution is 6.00. The second-order valence-corrected chi connectivity index (χ2v) is 4.58. The molecule has 0 saturated carbocycles. The van der Waals surface area contributed by atoms with E-state index in [1.54, 1.807) is 17.9 Å². The van der Waals surface area contributed by atoms with E-state index >= 15 is 0 Å². The van der Waals surface area contributed by atoms with Gasteiger partial charge in [0.2, 0.25) is 0 Å². The molecule has 2 rings (SSSR count). The average molecular weight is 274 g/mol. The van der Waals surface area contributed by atoms with Crippen LogP contribution >= 0.6 is 0 Å². The number of benzene rings is 1. The van der Waals surface area contributed by atoms with Crippen LogP contribution in [0.4, 0.5) is 16.3 Å². The summed E-state index contributed by atoms with van der Waals surface area (Å²) in [6.45, 7) is 3.87. The minimum Gasteiger partial charge on any atom is -0.495 e. The zero-order chi connectivity index (χ0) is 14.7. The van der Waals surface area contributed by atoms with E-state index in [1.807, 2.05) is 39.1 Å². The number of hydrogen-bond acceptors (Lipinski definition) is 3. The number of amides is 2. The van der Waals surface area contributed by atoms with Crippen molar-refractivity contribution in [1.29, 1.82) is 0 Å². The first-order valence-corrected chi connectivity index (χ1v) is 6.23. The quantitative estimate of drug-likeness (QED) is 0.904. The summed E-state index contributed by atoms with van der Waals surface area (Å²) in [6, 6.07) is 7.03. The molecule has 0 fully saturated rings. The predicted octanol–water partition coefficient (Wildman–Crippen LogP) is 2.69. The number of carbonyl (C=O) groups is 1. The molecule has 20 heavy (non-hydrogen) atoms. The number of anilines is 2. The number of nitrogens with zero attached hydrogens (tertiary/aromatic N) is 2. The van der Waals surface area contributed by atoms with Gasteiger partial charge in [-0.2, -0.15) is 5.10 Å². The Hall–Kier alpha value is -2.50. The van der Waals surface area contributed by atoms with Gasteiger partial charge < -0.3 is 10.1 Å². The van der Waals surface area contributed by atoms with Gasteiger partial charge in [-0.15, -0.1) is 0 Å². The minimum absolute atomic E-state index is 0.355. The first kappa shape index (κ1) is 13.9. The van der Waals surface area contributed by atoms with Gasteiger partial charge in [-0.1, -0.05) is 6.07 Å². The molecule has 6 heteroatoms. The van der Waals surface area contributed by atoms with Crippen LogP contribution in [0.3, 0.4) is 0 Å². The molecule has 0 atom stereocenters. The van der Waals surface area contributed by atoms with E-state index in [1.165, 1.54) is 0 Å². The minimum atomic E-state index is -0.355. The monoisotopic (exact) mass is 274 g/mol. The van der Waals surface area contributed by atoms with Crippen molar-refractivity contribution in [3.05, 3.63) is 35.5 Å². The number of aryl methyl sites for hydroxylation is 3. The lowest BCUT2D eigenvalue weighted by atomic mass is 10.2. The van der Waals surface area contributed by atoms with Crippen LogP contribution in [0.1, 0.15) is 11.3 Å². The van der Waals surface area contributed by atoms with Crippen LogP contribution in [0, 0.1) is 13.8 Å². The van der Waals surface area contributed by atoms with Crippen molar-refractivity contribution in [2.75, 3.05) is 17.7 Å². The van der Waals surface area contributed by atoms with E-state index in [-0.39, 0.29) is 6.03 Å². The second kappa shape index (κ2) is 5.64. The van der Waals surface area contributed by atoms with E-state index in [4.69, 9.17) is 4.74 Å². The summed E-state index contributed by atoms with van der Waals surface area (Å²) < 4.78 is 6.91. The molecular formula is C14H18N4O2. The molecule has 1 aromatic carbocycles. The van der Waals surface area contributed by atoms with Crippen molar-refractivity contribution in [1.82, 2.24) is 9.78 Å². The van der Waals surface area contributed by atoms with Crippen LogP contribution in [0.25, 0.3) is 0 Å². The molecule has 0 spiro atoms. The van der Waals surface area contributed by atoms with Gasteiger partial charge in [0.05, 0.1) is 12.8 Å². The number of carbonyl (C=O) groups excluding carboxylic acids is 1. The largest absolute Gasteiger partial charge is 0.495 e. The molecule has 1 heterocycles. The Kier molecular flexibility index (Phi) is 3.93.